The summed E-state index contributed by atoms with van der Waals surface area (Å²) in [6.45, 7) is 8.87. The molecule has 4 aliphatic rings. The van der Waals surface area contributed by atoms with Gasteiger partial charge in [-0.3, -0.25) is 4.90 Å². The largest absolute Gasteiger partial charge is 0.453 e. The minimum atomic E-state index is -0.407. The molecule has 1 aliphatic carbocycles. The van der Waals surface area contributed by atoms with Gasteiger partial charge in [0.15, 0.2) is 0 Å². The second-order valence-electron chi connectivity index (χ2n) is 14.9. The lowest BCUT2D eigenvalue weighted by Gasteiger charge is -2.53. The highest BCUT2D eigenvalue weighted by Crippen LogP contribution is 2.51. The second-order valence-corrected chi connectivity index (χ2v) is 14.9. The number of halogens is 2. The van der Waals surface area contributed by atoms with Gasteiger partial charge in [0.2, 0.25) is 0 Å². The number of nitrogens with zero attached hydrogens (tertiary/aromatic N) is 5. The summed E-state index contributed by atoms with van der Waals surface area (Å²) in [5.41, 5.74) is 2.51. The number of benzene rings is 2. The van der Waals surface area contributed by atoms with Crippen molar-refractivity contribution in [3.05, 3.63) is 64.7 Å². The predicted octanol–water partition coefficient (Wildman–Crippen LogP) is 4.84. The van der Waals surface area contributed by atoms with Gasteiger partial charge >= 0.3 is 6.09 Å². The summed E-state index contributed by atoms with van der Waals surface area (Å²) < 4.78 is 40.9. The molecule has 0 aromatic heterocycles. The Morgan fingerprint density at radius 3 is 2.49 bits per heavy atom. The Morgan fingerprint density at radius 2 is 1.82 bits per heavy atom. The van der Waals surface area contributed by atoms with Crippen molar-refractivity contribution in [2.75, 3.05) is 91.7 Å². The first-order chi connectivity index (χ1) is 23.7. The molecule has 0 bridgehead atoms. The fraction of sp³-hybridized carbons (Fsp3) is 0.632. The van der Waals surface area contributed by atoms with Crippen LogP contribution in [-0.2, 0) is 21.4 Å². The number of amides is 1. The van der Waals surface area contributed by atoms with Gasteiger partial charge in [-0.25, -0.2) is 13.6 Å². The van der Waals surface area contributed by atoms with E-state index < -0.39 is 6.09 Å². The van der Waals surface area contributed by atoms with Crippen molar-refractivity contribution in [1.29, 1.82) is 5.26 Å². The van der Waals surface area contributed by atoms with Crippen LogP contribution >= 0.6 is 0 Å². The average Bonchev–Trinajstić information content (AvgIpc) is 3.54. The molecule has 0 radical (unpaired) electrons. The van der Waals surface area contributed by atoms with Crippen molar-refractivity contribution in [3.8, 4) is 6.07 Å². The standard InChI is InChI=1S/C38H52F2N6O3/c1-43(2)25-29-19-36(34(40)18-28(29)21-41)46-23-27(24-46)22-44-12-10-30(11-13-44)38(26-45-14-16-49-17-15-45,31-6-4-7-32(39)20-31)33-8-5-9-35(33)42-37(47)48-3/h4,6-7,18-20,27,30,33,35H,5,8-17,22-26H2,1-3H3,(H,42,47)/t33-,35-,38-/m0/s1. The lowest BCUT2D eigenvalue weighted by Crippen LogP contribution is -2.59. The molecule has 1 amide bonds. The van der Waals surface area contributed by atoms with Crippen molar-refractivity contribution >= 4 is 11.8 Å². The van der Waals surface area contributed by atoms with Crippen molar-refractivity contribution < 1.29 is 23.0 Å². The number of carbonyl (C=O) groups excluding carboxylic acids is 1. The smallest absolute Gasteiger partial charge is 0.407 e. The van der Waals surface area contributed by atoms with Gasteiger partial charge in [-0.15, -0.1) is 0 Å². The van der Waals surface area contributed by atoms with Crippen molar-refractivity contribution in [1.82, 2.24) is 20.0 Å². The monoisotopic (exact) mass is 678 g/mol. The molecule has 3 atom stereocenters. The normalized spacial score (nSPS) is 24.0. The highest BCUT2D eigenvalue weighted by molar-refractivity contribution is 5.67. The van der Waals surface area contributed by atoms with E-state index in [0.29, 0.717) is 42.8 Å². The molecule has 0 unspecified atom stereocenters. The third-order valence-electron chi connectivity index (χ3n) is 11.5. The lowest BCUT2D eigenvalue weighted by molar-refractivity contribution is -0.00681. The third kappa shape index (κ3) is 7.88. The minimum Gasteiger partial charge on any atom is -0.453 e. The Hall–Kier alpha value is -3.30. The van der Waals surface area contributed by atoms with Crippen molar-refractivity contribution in [2.45, 2.75) is 50.1 Å². The van der Waals surface area contributed by atoms with Crippen LogP contribution < -0.4 is 10.2 Å². The van der Waals surface area contributed by atoms with Gasteiger partial charge in [-0.05, 0) is 100 Å². The Kier molecular flexibility index (Phi) is 11.4. The van der Waals surface area contributed by atoms with Gasteiger partial charge in [0.25, 0.3) is 0 Å². The number of anilines is 1. The van der Waals surface area contributed by atoms with Gasteiger partial charge in [-0.2, -0.15) is 5.26 Å². The second kappa shape index (κ2) is 15.7. The van der Waals surface area contributed by atoms with E-state index >= 15 is 8.78 Å². The van der Waals surface area contributed by atoms with E-state index in [0.717, 1.165) is 95.6 Å². The van der Waals surface area contributed by atoms with E-state index in [1.165, 1.54) is 19.2 Å². The number of carbonyl (C=O) groups is 1. The van der Waals surface area contributed by atoms with Gasteiger partial charge in [-0.1, -0.05) is 18.6 Å². The number of nitrogens with one attached hydrogen (secondary N) is 1. The van der Waals surface area contributed by atoms with Crippen molar-refractivity contribution in [3.63, 3.8) is 0 Å². The molecule has 6 rings (SSSR count). The number of methoxy groups -OCH3 is 1. The van der Waals surface area contributed by atoms with Crippen LogP contribution in [0.25, 0.3) is 0 Å². The molecular formula is C38H52F2N6O3. The van der Waals surface area contributed by atoms with Gasteiger partial charge < -0.3 is 29.5 Å². The fourth-order valence-corrected chi connectivity index (χ4v) is 9.26. The van der Waals surface area contributed by atoms with Crippen LogP contribution in [0.5, 0.6) is 0 Å². The molecular weight excluding hydrogens is 626 g/mol. The molecule has 11 heteroatoms. The Balaban J connectivity index is 1.18. The average molecular weight is 679 g/mol. The van der Waals surface area contributed by atoms with E-state index in [9.17, 15) is 10.1 Å². The zero-order valence-corrected chi connectivity index (χ0v) is 29.3. The summed E-state index contributed by atoms with van der Waals surface area (Å²) in [7, 11) is 5.31. The number of hydrogen-bond donors (Lipinski definition) is 1. The maximum Gasteiger partial charge on any atom is 0.407 e. The van der Waals surface area contributed by atoms with Crippen molar-refractivity contribution in [2.24, 2.45) is 17.8 Å². The first kappa shape index (κ1) is 35.5. The molecule has 1 saturated carbocycles. The molecule has 4 fully saturated rings. The van der Waals surface area contributed by atoms with Crippen LogP contribution in [0, 0.1) is 40.7 Å². The minimum absolute atomic E-state index is 0.0448. The number of nitriles is 1. The summed E-state index contributed by atoms with van der Waals surface area (Å²) in [5.74, 6) is 0.332. The first-order valence-corrected chi connectivity index (χ1v) is 17.9. The zero-order chi connectivity index (χ0) is 34.5. The molecule has 1 N–H and O–H groups in total. The predicted molar refractivity (Wildman–Crippen MR) is 185 cm³/mol. The topological polar surface area (TPSA) is 84.3 Å². The number of ether oxygens (including phenoxy) is 2. The van der Waals surface area contributed by atoms with Crippen LogP contribution in [0.1, 0.15) is 48.8 Å². The summed E-state index contributed by atoms with van der Waals surface area (Å²) in [6.07, 6.45) is 4.42. The maximum atomic E-state index is 15.1. The van der Waals surface area contributed by atoms with Gasteiger partial charge in [0.05, 0.1) is 37.6 Å². The molecule has 3 heterocycles. The summed E-state index contributed by atoms with van der Waals surface area (Å²) in [5, 5.41) is 12.7. The van der Waals surface area contributed by atoms with Crippen LogP contribution in [0.15, 0.2) is 36.4 Å². The first-order valence-electron chi connectivity index (χ1n) is 17.9. The van der Waals surface area contributed by atoms with Gasteiger partial charge in [0.1, 0.15) is 11.6 Å². The summed E-state index contributed by atoms with van der Waals surface area (Å²) >= 11 is 0. The van der Waals surface area contributed by atoms with E-state index in [1.807, 2.05) is 31.1 Å². The molecule has 3 saturated heterocycles. The van der Waals surface area contributed by atoms with Crippen LogP contribution in [0.3, 0.4) is 0 Å². The summed E-state index contributed by atoms with van der Waals surface area (Å²) in [4.78, 5) is 21.7. The van der Waals surface area contributed by atoms with Crippen LogP contribution in [0.4, 0.5) is 19.3 Å². The SMILES string of the molecule is COC(=O)N[C@H]1CCC[C@@H]1[C@](CN1CCOCC1)(c1cccc(F)c1)C1CCN(CC2CN(c3cc(CN(C)C)c(C#N)cc3F)C2)CC1. The molecule has 9 nitrogen and oxygen atoms in total. The number of likely N-dealkylation sites (tertiary alicyclic amines) is 1. The zero-order valence-electron chi connectivity index (χ0n) is 29.3. The maximum absolute atomic E-state index is 15.1. The van der Waals surface area contributed by atoms with Crippen LogP contribution in [-0.4, -0.2) is 114 Å². The Morgan fingerprint density at radius 1 is 1.06 bits per heavy atom. The number of morpholine rings is 1. The molecule has 3 aliphatic heterocycles. The highest BCUT2D eigenvalue weighted by atomic mass is 19.1. The molecule has 266 valence electrons. The molecule has 2 aromatic carbocycles. The molecule has 49 heavy (non-hydrogen) atoms. The number of rotatable bonds is 11. The third-order valence-corrected chi connectivity index (χ3v) is 11.5. The highest BCUT2D eigenvalue weighted by Gasteiger charge is 2.53. The number of alkyl carbamates (subject to hydrolysis) is 1. The van der Waals surface area contributed by atoms with E-state index in [-0.39, 0.29) is 29.0 Å². The number of piperidine rings is 1. The Bertz CT molecular complexity index is 1480. The summed E-state index contributed by atoms with van der Waals surface area (Å²) in [6, 6.07) is 12.6. The lowest BCUT2D eigenvalue weighted by atomic mass is 9.58. The quantitative estimate of drug-likeness (QED) is 0.362. The van der Waals surface area contributed by atoms with Crippen LogP contribution in [0.2, 0.25) is 0 Å². The van der Waals surface area contributed by atoms with E-state index in [1.54, 1.807) is 6.07 Å². The fourth-order valence-electron chi connectivity index (χ4n) is 9.26. The Labute approximate surface area is 290 Å². The van der Waals surface area contributed by atoms with E-state index in [4.69, 9.17) is 9.47 Å². The molecule has 2 aromatic rings. The molecule has 0 spiro atoms. The van der Waals surface area contributed by atoms with Gasteiger partial charge in [0, 0.05) is 63.2 Å². The van der Waals surface area contributed by atoms with E-state index in [2.05, 4.69) is 32.2 Å². The number of hydrogen-bond acceptors (Lipinski definition) is 8.